The molecule has 2 aromatic rings. The van der Waals surface area contributed by atoms with Crippen molar-refractivity contribution < 1.29 is 13.2 Å². The second kappa shape index (κ2) is 6.91. The number of rotatable bonds is 6. The van der Waals surface area contributed by atoms with E-state index in [9.17, 15) is 13.2 Å². The molecule has 23 heavy (non-hydrogen) atoms. The van der Waals surface area contributed by atoms with Crippen molar-refractivity contribution in [1.82, 2.24) is 14.9 Å². The molecule has 0 radical (unpaired) electrons. The van der Waals surface area contributed by atoms with Crippen molar-refractivity contribution in [1.29, 1.82) is 0 Å². The van der Waals surface area contributed by atoms with Crippen LogP contribution in [0.1, 0.15) is 12.8 Å². The van der Waals surface area contributed by atoms with E-state index in [-0.39, 0.29) is 10.8 Å². The van der Waals surface area contributed by atoms with Gasteiger partial charge in [-0.3, -0.25) is 4.79 Å². The third kappa shape index (κ3) is 4.38. The summed E-state index contributed by atoms with van der Waals surface area (Å²) in [5.74, 6) is 0.636. The van der Waals surface area contributed by atoms with E-state index in [4.69, 9.17) is 0 Å². The van der Waals surface area contributed by atoms with E-state index in [1.807, 2.05) is 0 Å². The molecule has 1 aromatic carbocycles. The number of anilines is 1. The first-order chi connectivity index (χ1) is 10.8. The lowest BCUT2D eigenvalue weighted by Crippen LogP contribution is -2.22. The molecule has 0 saturated carbocycles. The quantitative estimate of drug-likeness (QED) is 0.800. The van der Waals surface area contributed by atoms with Crippen LogP contribution in [-0.2, 0) is 14.6 Å². The van der Waals surface area contributed by atoms with Crippen LogP contribution in [0.4, 0.5) is 5.82 Å². The molecule has 0 fully saturated rings. The standard InChI is InChI=1S/C15H20N4O3S/c1-19(2)14(20)5-4-8-16-15-12-9-11(23(3,21)22)6-7-13(12)17-10-18-15/h6-7,9-10H,4-5,8H2,1-3H3,(H,16,17,18). The molecule has 0 saturated heterocycles. The molecule has 0 bridgehead atoms. The van der Waals surface area contributed by atoms with E-state index in [0.29, 0.717) is 36.1 Å². The van der Waals surface area contributed by atoms with Gasteiger partial charge in [-0.25, -0.2) is 18.4 Å². The number of carbonyl (C=O) groups excluding carboxylic acids is 1. The zero-order valence-electron chi connectivity index (χ0n) is 13.4. The van der Waals surface area contributed by atoms with Gasteiger partial charge >= 0.3 is 0 Å². The molecule has 0 atom stereocenters. The first-order valence-corrected chi connectivity index (χ1v) is 9.07. The van der Waals surface area contributed by atoms with Crippen LogP contribution >= 0.6 is 0 Å². The summed E-state index contributed by atoms with van der Waals surface area (Å²) < 4.78 is 23.4. The Morgan fingerprint density at radius 2 is 2.00 bits per heavy atom. The summed E-state index contributed by atoms with van der Waals surface area (Å²) in [5.41, 5.74) is 0.666. The van der Waals surface area contributed by atoms with Crippen molar-refractivity contribution in [2.75, 3.05) is 32.2 Å². The highest BCUT2D eigenvalue weighted by Gasteiger charge is 2.11. The Bertz CT molecular complexity index is 819. The number of amides is 1. The lowest BCUT2D eigenvalue weighted by molar-refractivity contribution is -0.128. The molecule has 0 aliphatic carbocycles. The van der Waals surface area contributed by atoms with Crippen molar-refractivity contribution in [3.8, 4) is 0 Å². The van der Waals surface area contributed by atoms with E-state index in [0.717, 1.165) is 6.26 Å². The summed E-state index contributed by atoms with van der Waals surface area (Å²) in [6.07, 6.45) is 3.69. The highest BCUT2D eigenvalue weighted by Crippen LogP contribution is 2.22. The van der Waals surface area contributed by atoms with E-state index in [1.165, 1.54) is 12.4 Å². The molecule has 1 N–H and O–H groups in total. The summed E-state index contributed by atoms with van der Waals surface area (Å²) in [5, 5.41) is 3.79. The maximum atomic E-state index is 11.7. The Morgan fingerprint density at radius 1 is 1.26 bits per heavy atom. The normalized spacial score (nSPS) is 11.4. The molecule has 124 valence electrons. The molecule has 0 spiro atoms. The summed E-state index contributed by atoms with van der Waals surface area (Å²) in [6.45, 7) is 0.564. The largest absolute Gasteiger partial charge is 0.369 e. The molecule has 8 heteroatoms. The van der Waals surface area contributed by atoms with Crippen molar-refractivity contribution in [3.05, 3.63) is 24.5 Å². The minimum absolute atomic E-state index is 0.0682. The highest BCUT2D eigenvalue weighted by molar-refractivity contribution is 7.90. The SMILES string of the molecule is CN(C)C(=O)CCCNc1ncnc2ccc(S(C)(=O)=O)cc12. The molecule has 7 nitrogen and oxygen atoms in total. The average Bonchev–Trinajstić information content (AvgIpc) is 2.49. The van der Waals surface area contributed by atoms with Crippen LogP contribution in [0.15, 0.2) is 29.4 Å². The lowest BCUT2D eigenvalue weighted by Gasteiger charge is -2.11. The molecular weight excluding hydrogens is 316 g/mol. The van der Waals surface area contributed by atoms with Crippen molar-refractivity contribution in [2.24, 2.45) is 0 Å². The van der Waals surface area contributed by atoms with Crippen LogP contribution in [-0.4, -0.2) is 56.1 Å². The van der Waals surface area contributed by atoms with E-state index >= 15 is 0 Å². The Hall–Kier alpha value is -2.22. The smallest absolute Gasteiger partial charge is 0.222 e. The molecule has 2 rings (SSSR count). The Balaban J connectivity index is 2.15. The van der Waals surface area contributed by atoms with Gasteiger partial charge in [0.25, 0.3) is 0 Å². The summed E-state index contributed by atoms with van der Waals surface area (Å²) in [6, 6.07) is 4.76. The van der Waals surface area contributed by atoms with Gasteiger partial charge in [0.1, 0.15) is 12.1 Å². The van der Waals surface area contributed by atoms with Gasteiger partial charge in [-0.2, -0.15) is 0 Å². The monoisotopic (exact) mass is 336 g/mol. The van der Waals surface area contributed by atoms with Crippen LogP contribution < -0.4 is 5.32 Å². The van der Waals surface area contributed by atoms with Gasteiger partial charge in [-0.05, 0) is 24.6 Å². The first kappa shape index (κ1) is 17.1. The number of carbonyl (C=O) groups is 1. The van der Waals surface area contributed by atoms with Gasteiger partial charge in [-0.15, -0.1) is 0 Å². The fourth-order valence-electron chi connectivity index (χ4n) is 2.08. The van der Waals surface area contributed by atoms with Gasteiger partial charge in [-0.1, -0.05) is 0 Å². The minimum Gasteiger partial charge on any atom is -0.369 e. The molecule has 1 aromatic heterocycles. The second-order valence-electron chi connectivity index (χ2n) is 5.49. The number of sulfone groups is 1. The lowest BCUT2D eigenvalue weighted by atomic mass is 10.2. The fourth-order valence-corrected chi connectivity index (χ4v) is 2.72. The number of hydrogen-bond donors (Lipinski definition) is 1. The van der Waals surface area contributed by atoms with Gasteiger partial charge in [0, 0.05) is 38.7 Å². The second-order valence-corrected chi connectivity index (χ2v) is 7.51. The number of aromatic nitrogens is 2. The zero-order chi connectivity index (χ0) is 17.0. The zero-order valence-corrected chi connectivity index (χ0v) is 14.2. The maximum Gasteiger partial charge on any atom is 0.222 e. The number of benzene rings is 1. The summed E-state index contributed by atoms with van der Waals surface area (Å²) in [4.78, 5) is 21.6. The van der Waals surface area contributed by atoms with Crippen LogP contribution in [0, 0.1) is 0 Å². The Kier molecular flexibility index (Phi) is 5.15. The topological polar surface area (TPSA) is 92.3 Å². The number of nitrogens with zero attached hydrogens (tertiary/aromatic N) is 3. The maximum absolute atomic E-state index is 11.7. The van der Waals surface area contributed by atoms with Gasteiger partial charge in [0.05, 0.1) is 10.4 Å². The predicted molar refractivity (Wildman–Crippen MR) is 89.1 cm³/mol. The molecule has 0 aliphatic rings. The van der Waals surface area contributed by atoms with Crippen LogP contribution in [0.25, 0.3) is 10.9 Å². The number of nitrogens with one attached hydrogen (secondary N) is 1. The average molecular weight is 336 g/mol. The summed E-state index contributed by atoms with van der Waals surface area (Å²) >= 11 is 0. The van der Waals surface area contributed by atoms with Gasteiger partial charge < -0.3 is 10.2 Å². The van der Waals surface area contributed by atoms with Crippen LogP contribution in [0.3, 0.4) is 0 Å². The third-order valence-corrected chi connectivity index (χ3v) is 4.50. The van der Waals surface area contributed by atoms with E-state index < -0.39 is 9.84 Å². The first-order valence-electron chi connectivity index (χ1n) is 7.18. The van der Waals surface area contributed by atoms with Crippen LogP contribution in [0.5, 0.6) is 0 Å². The Labute approximate surface area is 135 Å². The van der Waals surface area contributed by atoms with Gasteiger partial charge in [0.2, 0.25) is 5.91 Å². The fraction of sp³-hybridized carbons (Fsp3) is 0.400. The third-order valence-electron chi connectivity index (χ3n) is 3.39. The van der Waals surface area contributed by atoms with Crippen molar-refractivity contribution >= 4 is 32.5 Å². The Morgan fingerprint density at radius 3 is 2.65 bits per heavy atom. The molecular formula is C15H20N4O3S. The molecule has 0 unspecified atom stereocenters. The highest BCUT2D eigenvalue weighted by atomic mass is 32.2. The van der Waals surface area contributed by atoms with E-state index in [2.05, 4.69) is 15.3 Å². The molecule has 0 aliphatic heterocycles. The van der Waals surface area contributed by atoms with E-state index in [1.54, 1.807) is 31.1 Å². The number of fused-ring (bicyclic) bond motifs is 1. The van der Waals surface area contributed by atoms with Gasteiger partial charge in [0.15, 0.2) is 9.84 Å². The summed E-state index contributed by atoms with van der Waals surface area (Å²) in [7, 11) is 0.155. The minimum atomic E-state index is -3.29. The molecule has 1 amide bonds. The van der Waals surface area contributed by atoms with Crippen molar-refractivity contribution in [3.63, 3.8) is 0 Å². The van der Waals surface area contributed by atoms with Crippen LogP contribution in [0.2, 0.25) is 0 Å². The predicted octanol–water partition coefficient (Wildman–Crippen LogP) is 1.31. The number of hydrogen-bond acceptors (Lipinski definition) is 6. The molecule has 1 heterocycles. The van der Waals surface area contributed by atoms with Crippen molar-refractivity contribution in [2.45, 2.75) is 17.7 Å².